The Morgan fingerprint density at radius 1 is 0.815 bits per heavy atom. The van der Waals surface area contributed by atoms with Crippen LogP contribution in [0, 0.1) is 6.19 Å². The van der Waals surface area contributed by atoms with E-state index in [2.05, 4.69) is 105 Å². The van der Waals surface area contributed by atoms with Crippen LogP contribution in [0.4, 0.5) is 0 Å². The quantitative estimate of drug-likeness (QED) is 0.273. The molecule has 1 unspecified atom stereocenters. The van der Waals surface area contributed by atoms with E-state index in [9.17, 15) is 0 Å². The fraction of sp³-hybridized carbons (Fsp3) is 0.136. The fourth-order valence-corrected chi connectivity index (χ4v) is 3.64. The van der Waals surface area contributed by atoms with E-state index in [0.29, 0.717) is 0 Å². The van der Waals surface area contributed by atoms with Gasteiger partial charge in [-0.15, -0.1) is 0 Å². The van der Waals surface area contributed by atoms with Crippen LogP contribution in [0.2, 0.25) is 0 Å². The van der Waals surface area contributed by atoms with Crippen molar-refractivity contribution in [3.05, 3.63) is 113 Å². The maximum absolute atomic E-state index is 4.61. The first-order valence-electron chi connectivity index (χ1n) is 8.85. The van der Waals surface area contributed by atoms with Gasteiger partial charge in [-0.25, -0.2) is 0 Å². The molecule has 0 saturated heterocycles. The molecule has 0 aromatic heterocycles. The third-order valence-corrected chi connectivity index (χ3v) is 5.11. The molecular formula is C22H20BrN4+. The average Bonchev–Trinajstić information content (AvgIpc) is 3.22. The number of rotatable bonds is 5. The zero-order valence-electron chi connectivity index (χ0n) is 15.0. The molecule has 0 spiro atoms. The van der Waals surface area contributed by atoms with Crippen LogP contribution in [0.25, 0.3) is 4.95 Å². The highest BCUT2D eigenvalue weighted by atomic mass is 79.9. The summed E-state index contributed by atoms with van der Waals surface area (Å²) in [4.78, 5) is 4.66. The highest BCUT2D eigenvalue weighted by Gasteiger charge is 2.50. The van der Waals surface area contributed by atoms with Crippen LogP contribution in [-0.4, -0.2) is 15.1 Å². The van der Waals surface area contributed by atoms with Gasteiger partial charge in [0.25, 0.3) is 0 Å². The lowest BCUT2D eigenvalue weighted by molar-refractivity contribution is 0.0672. The van der Waals surface area contributed by atoms with Crippen LogP contribution in [0.1, 0.15) is 23.6 Å². The largest absolute Gasteiger partial charge is 0.433 e. The van der Waals surface area contributed by atoms with Gasteiger partial charge in [0.2, 0.25) is 0 Å². The Balaban J connectivity index is 1.98. The maximum atomic E-state index is 4.61. The van der Waals surface area contributed by atoms with Gasteiger partial charge in [-0.1, -0.05) is 96.0 Å². The molecule has 1 aliphatic rings. The molecule has 0 bridgehead atoms. The van der Waals surface area contributed by atoms with E-state index < -0.39 is 5.54 Å². The molecule has 1 N–H and O–H groups in total. The van der Waals surface area contributed by atoms with Crippen LogP contribution in [0.15, 0.2) is 91.0 Å². The topological polar surface area (TPSA) is 22.9 Å². The van der Waals surface area contributed by atoms with Crippen molar-refractivity contribution in [2.45, 2.75) is 17.4 Å². The number of halogens is 1. The van der Waals surface area contributed by atoms with Gasteiger partial charge in [0, 0.05) is 0 Å². The molecule has 0 amide bonds. The summed E-state index contributed by atoms with van der Waals surface area (Å²) in [6, 6.07) is 31.3. The molecule has 0 aliphatic carbocycles. The highest BCUT2D eigenvalue weighted by Crippen LogP contribution is 2.42. The summed E-state index contributed by atoms with van der Waals surface area (Å²) >= 11 is 3.58. The molecule has 0 saturated carbocycles. The molecule has 3 aromatic rings. The van der Waals surface area contributed by atoms with Gasteiger partial charge < -0.3 is 0 Å². The molecule has 0 radical (unpaired) electrons. The summed E-state index contributed by atoms with van der Waals surface area (Å²) in [5, 5.41) is 3.69. The van der Waals surface area contributed by atoms with Crippen molar-refractivity contribution in [2.75, 3.05) is 0 Å². The van der Waals surface area contributed by atoms with Crippen LogP contribution >= 0.6 is 15.9 Å². The molecule has 4 rings (SSSR count). The summed E-state index contributed by atoms with van der Waals surface area (Å²) in [7, 11) is 0. The van der Waals surface area contributed by atoms with Gasteiger partial charge in [0.15, 0.2) is 10.5 Å². The average molecular weight is 420 g/mol. The van der Waals surface area contributed by atoms with Gasteiger partial charge in [-0.2, -0.15) is 0 Å². The van der Waals surface area contributed by atoms with E-state index in [4.69, 9.17) is 0 Å². The van der Waals surface area contributed by atoms with Gasteiger partial charge in [0.05, 0.1) is 0 Å². The Bertz CT molecular complexity index is 852. The Kier molecular flexibility index (Phi) is 4.85. The predicted molar refractivity (Wildman–Crippen MR) is 112 cm³/mol. The Morgan fingerprint density at radius 2 is 1.22 bits per heavy atom. The van der Waals surface area contributed by atoms with E-state index in [0.717, 1.165) is 16.7 Å². The van der Waals surface area contributed by atoms with Crippen LogP contribution < -0.4 is 5.53 Å². The van der Waals surface area contributed by atoms with Crippen molar-refractivity contribution in [3.63, 3.8) is 0 Å². The maximum Gasteiger partial charge on any atom is 0.433 e. The van der Waals surface area contributed by atoms with E-state index in [1.165, 1.54) is 0 Å². The standard InChI is InChI=1S/C22H20BrN4/c1-18(23)26-17-24-27(25-26)22(19-11-5-2-6-12-19,20-13-7-3-8-14-20)21-15-9-4-10-16-21/h2-16,18,25H,1H3/q+1. The SMILES string of the molecule is CC(Br)N1C#[N+]N(C(c2ccccc2)(c2ccccc2)c2ccccc2)N1. The number of hydrazine groups is 2. The number of hydrogen-bond donors (Lipinski definition) is 1. The molecule has 1 heterocycles. The lowest BCUT2D eigenvalue weighted by atomic mass is 9.77. The van der Waals surface area contributed by atoms with Crippen molar-refractivity contribution in [3.8, 4) is 6.19 Å². The number of benzene rings is 3. The van der Waals surface area contributed by atoms with Crippen molar-refractivity contribution < 1.29 is 0 Å². The zero-order valence-corrected chi connectivity index (χ0v) is 16.5. The second-order valence-corrected chi connectivity index (χ2v) is 7.69. The minimum atomic E-state index is -0.645. The van der Waals surface area contributed by atoms with E-state index in [-0.39, 0.29) is 4.95 Å². The molecule has 0 fully saturated rings. The van der Waals surface area contributed by atoms with E-state index >= 15 is 0 Å². The highest BCUT2D eigenvalue weighted by molar-refractivity contribution is 9.09. The monoisotopic (exact) mass is 419 g/mol. The molecule has 134 valence electrons. The molecule has 27 heavy (non-hydrogen) atoms. The first kappa shape index (κ1) is 17.6. The second-order valence-electron chi connectivity index (χ2n) is 6.36. The van der Waals surface area contributed by atoms with Crippen molar-refractivity contribution in [1.82, 2.24) is 15.7 Å². The smallest absolute Gasteiger partial charge is 0.0919 e. The molecule has 3 aromatic carbocycles. The predicted octanol–water partition coefficient (Wildman–Crippen LogP) is 4.96. The zero-order chi connectivity index (χ0) is 18.7. The Labute approximate surface area is 167 Å². The summed E-state index contributed by atoms with van der Waals surface area (Å²) in [5.74, 6) is 0. The van der Waals surface area contributed by atoms with Crippen molar-refractivity contribution in [2.24, 2.45) is 0 Å². The number of alkyl halides is 1. The lowest BCUT2D eigenvalue weighted by Gasteiger charge is -2.36. The second kappa shape index (κ2) is 7.43. The molecule has 1 atom stereocenters. The summed E-state index contributed by atoms with van der Waals surface area (Å²) in [6.45, 7) is 2.02. The molecule has 5 heteroatoms. The van der Waals surface area contributed by atoms with Crippen LogP contribution in [-0.2, 0) is 5.54 Å². The van der Waals surface area contributed by atoms with Gasteiger partial charge >= 0.3 is 6.19 Å². The van der Waals surface area contributed by atoms with E-state index in [1.54, 1.807) is 0 Å². The summed E-state index contributed by atoms with van der Waals surface area (Å²) < 4.78 is 0. The first-order chi connectivity index (χ1) is 13.2. The van der Waals surface area contributed by atoms with Crippen molar-refractivity contribution in [1.29, 1.82) is 0 Å². The Hall–Kier alpha value is -2.81. The van der Waals surface area contributed by atoms with Crippen LogP contribution in [0.3, 0.4) is 0 Å². The van der Waals surface area contributed by atoms with Gasteiger partial charge in [-0.3, -0.25) is 0 Å². The third-order valence-electron chi connectivity index (χ3n) is 4.70. The Morgan fingerprint density at radius 3 is 1.56 bits per heavy atom. The first-order valence-corrected chi connectivity index (χ1v) is 9.77. The summed E-state index contributed by atoms with van der Waals surface area (Å²) in [5.41, 5.74) is 6.07. The normalized spacial score (nSPS) is 14.6. The van der Waals surface area contributed by atoms with Crippen molar-refractivity contribution >= 4 is 15.9 Å². The van der Waals surface area contributed by atoms with Gasteiger partial charge in [-0.05, 0) is 55.2 Å². The number of nitrogens with zero attached hydrogens (tertiary/aromatic N) is 3. The minimum absolute atomic E-state index is 0.0475. The molecular weight excluding hydrogens is 400 g/mol. The van der Waals surface area contributed by atoms with E-state index in [1.807, 2.05) is 35.2 Å². The molecule has 1 aliphatic heterocycles. The lowest BCUT2D eigenvalue weighted by Crippen LogP contribution is -2.54. The number of nitrogens with one attached hydrogen (secondary N) is 1. The van der Waals surface area contributed by atoms with Crippen LogP contribution in [0.5, 0.6) is 0 Å². The summed E-state index contributed by atoms with van der Waals surface area (Å²) in [6.07, 6.45) is 3.05. The fourth-order valence-electron chi connectivity index (χ4n) is 3.45. The van der Waals surface area contributed by atoms with Gasteiger partial charge in [0.1, 0.15) is 0 Å². The number of hydrogen-bond acceptors (Lipinski definition) is 3. The minimum Gasteiger partial charge on any atom is -0.0919 e. The third kappa shape index (κ3) is 3.08. The molecule has 4 nitrogen and oxygen atoms in total.